The molecule has 18 heavy (non-hydrogen) atoms. The van der Waals surface area contributed by atoms with E-state index in [9.17, 15) is 0 Å². The number of hydrogen-bond acceptors (Lipinski definition) is 4. The molecule has 1 heterocycles. The van der Waals surface area contributed by atoms with Crippen LogP contribution in [-0.4, -0.2) is 17.1 Å². The van der Waals surface area contributed by atoms with Crippen molar-refractivity contribution in [2.75, 3.05) is 12.8 Å². The highest BCUT2D eigenvalue weighted by Gasteiger charge is 2.07. The van der Waals surface area contributed by atoms with Crippen molar-refractivity contribution in [2.45, 2.75) is 19.8 Å². The second kappa shape index (κ2) is 5.49. The summed E-state index contributed by atoms with van der Waals surface area (Å²) in [7, 11) is 1.67. The molecule has 0 fully saturated rings. The molecule has 2 aromatic rings. The SMILES string of the molecule is CCc1nc(Cc2ccccc2OC)ncc1N. The number of methoxy groups -OCH3 is 1. The van der Waals surface area contributed by atoms with Gasteiger partial charge in [-0.1, -0.05) is 25.1 Å². The number of nitrogens with zero attached hydrogens (tertiary/aromatic N) is 2. The van der Waals surface area contributed by atoms with Gasteiger partial charge in [-0.05, 0) is 12.5 Å². The first-order chi connectivity index (χ1) is 8.74. The number of para-hydroxylation sites is 1. The van der Waals surface area contributed by atoms with Crippen LogP contribution in [0.3, 0.4) is 0 Å². The highest BCUT2D eigenvalue weighted by Crippen LogP contribution is 2.20. The summed E-state index contributed by atoms with van der Waals surface area (Å²) in [5.41, 5.74) is 8.43. The number of rotatable bonds is 4. The van der Waals surface area contributed by atoms with E-state index in [2.05, 4.69) is 9.97 Å². The molecule has 4 heteroatoms. The van der Waals surface area contributed by atoms with E-state index in [4.69, 9.17) is 10.5 Å². The Balaban J connectivity index is 2.28. The van der Waals surface area contributed by atoms with Crippen LogP contribution in [0.15, 0.2) is 30.5 Å². The molecule has 0 radical (unpaired) electrons. The van der Waals surface area contributed by atoms with Crippen molar-refractivity contribution in [2.24, 2.45) is 0 Å². The Morgan fingerprint density at radius 1 is 1.28 bits per heavy atom. The molecule has 2 rings (SSSR count). The third-order valence-corrected chi connectivity index (χ3v) is 2.83. The summed E-state index contributed by atoms with van der Waals surface area (Å²) in [6.45, 7) is 2.03. The Morgan fingerprint density at radius 2 is 2.06 bits per heavy atom. The van der Waals surface area contributed by atoms with Crippen LogP contribution in [0.4, 0.5) is 5.69 Å². The molecule has 0 amide bonds. The largest absolute Gasteiger partial charge is 0.496 e. The van der Waals surface area contributed by atoms with Crippen LogP contribution in [0.1, 0.15) is 24.0 Å². The topological polar surface area (TPSA) is 61.0 Å². The molecule has 0 saturated carbocycles. The van der Waals surface area contributed by atoms with Crippen molar-refractivity contribution in [3.05, 3.63) is 47.5 Å². The molecular formula is C14H17N3O. The fourth-order valence-electron chi connectivity index (χ4n) is 1.86. The number of aryl methyl sites for hydroxylation is 1. The monoisotopic (exact) mass is 243 g/mol. The van der Waals surface area contributed by atoms with Crippen molar-refractivity contribution in [3.63, 3.8) is 0 Å². The summed E-state index contributed by atoms with van der Waals surface area (Å²) in [5.74, 6) is 1.63. The summed E-state index contributed by atoms with van der Waals surface area (Å²) in [6.07, 6.45) is 3.14. The Kier molecular flexibility index (Phi) is 3.77. The summed E-state index contributed by atoms with van der Waals surface area (Å²) < 4.78 is 5.32. The van der Waals surface area contributed by atoms with Gasteiger partial charge in [0.1, 0.15) is 11.6 Å². The zero-order chi connectivity index (χ0) is 13.0. The molecule has 2 N–H and O–H groups in total. The molecule has 1 aromatic heterocycles. The van der Waals surface area contributed by atoms with Crippen LogP contribution in [0, 0.1) is 0 Å². The van der Waals surface area contributed by atoms with Gasteiger partial charge in [-0.15, -0.1) is 0 Å². The standard InChI is InChI=1S/C14H17N3O/c1-3-12-11(15)9-16-14(17-12)8-10-6-4-5-7-13(10)18-2/h4-7,9H,3,8,15H2,1-2H3. The lowest BCUT2D eigenvalue weighted by Gasteiger charge is -2.08. The van der Waals surface area contributed by atoms with Crippen molar-refractivity contribution in [3.8, 4) is 5.75 Å². The van der Waals surface area contributed by atoms with Gasteiger partial charge in [-0.25, -0.2) is 9.97 Å². The molecule has 0 aliphatic heterocycles. The average molecular weight is 243 g/mol. The lowest BCUT2D eigenvalue weighted by atomic mass is 10.1. The number of nitrogen functional groups attached to an aromatic ring is 1. The Morgan fingerprint density at radius 3 is 2.78 bits per heavy atom. The van der Waals surface area contributed by atoms with Crippen LogP contribution in [0.25, 0.3) is 0 Å². The van der Waals surface area contributed by atoms with Crippen LogP contribution >= 0.6 is 0 Å². The van der Waals surface area contributed by atoms with E-state index in [0.717, 1.165) is 29.3 Å². The minimum atomic E-state index is 0.650. The van der Waals surface area contributed by atoms with Gasteiger partial charge < -0.3 is 10.5 Å². The van der Waals surface area contributed by atoms with Crippen molar-refractivity contribution in [1.82, 2.24) is 9.97 Å². The quantitative estimate of drug-likeness (QED) is 0.894. The number of nitrogens with two attached hydrogens (primary N) is 1. The summed E-state index contributed by atoms with van der Waals surface area (Å²) >= 11 is 0. The first-order valence-electron chi connectivity index (χ1n) is 5.96. The first kappa shape index (κ1) is 12.4. The van der Waals surface area contributed by atoms with Crippen LogP contribution in [0.2, 0.25) is 0 Å². The molecule has 0 bridgehead atoms. The third kappa shape index (κ3) is 2.59. The van der Waals surface area contributed by atoms with Crippen molar-refractivity contribution in [1.29, 1.82) is 0 Å². The van der Waals surface area contributed by atoms with Crippen LogP contribution < -0.4 is 10.5 Å². The maximum atomic E-state index is 5.80. The molecule has 0 aliphatic carbocycles. The molecule has 0 aliphatic rings. The smallest absolute Gasteiger partial charge is 0.133 e. The second-order valence-electron chi connectivity index (χ2n) is 4.03. The molecule has 0 unspecified atom stereocenters. The molecular weight excluding hydrogens is 226 g/mol. The van der Waals surface area contributed by atoms with E-state index in [1.54, 1.807) is 13.3 Å². The van der Waals surface area contributed by atoms with E-state index in [1.807, 2.05) is 31.2 Å². The van der Waals surface area contributed by atoms with E-state index in [1.165, 1.54) is 0 Å². The minimum absolute atomic E-state index is 0.650. The minimum Gasteiger partial charge on any atom is -0.496 e. The highest BCUT2D eigenvalue weighted by atomic mass is 16.5. The fourth-order valence-corrected chi connectivity index (χ4v) is 1.86. The molecule has 0 spiro atoms. The molecule has 4 nitrogen and oxygen atoms in total. The summed E-state index contributed by atoms with van der Waals surface area (Å²) in [6, 6.07) is 7.89. The highest BCUT2D eigenvalue weighted by molar-refractivity contribution is 5.41. The maximum absolute atomic E-state index is 5.80. The van der Waals surface area contributed by atoms with Gasteiger partial charge in [0, 0.05) is 12.0 Å². The van der Waals surface area contributed by atoms with Gasteiger partial charge in [0.2, 0.25) is 0 Å². The fraction of sp³-hybridized carbons (Fsp3) is 0.286. The average Bonchev–Trinajstić information content (AvgIpc) is 2.41. The summed E-state index contributed by atoms with van der Waals surface area (Å²) in [5, 5.41) is 0. The third-order valence-electron chi connectivity index (χ3n) is 2.83. The zero-order valence-corrected chi connectivity index (χ0v) is 10.7. The lowest BCUT2D eigenvalue weighted by Crippen LogP contribution is -2.04. The van der Waals surface area contributed by atoms with Crippen LogP contribution in [-0.2, 0) is 12.8 Å². The van der Waals surface area contributed by atoms with Gasteiger partial charge in [-0.2, -0.15) is 0 Å². The Labute approximate surface area is 107 Å². The van der Waals surface area contributed by atoms with E-state index >= 15 is 0 Å². The maximum Gasteiger partial charge on any atom is 0.133 e. The summed E-state index contributed by atoms with van der Waals surface area (Å²) in [4.78, 5) is 8.74. The van der Waals surface area contributed by atoms with Gasteiger partial charge in [0.15, 0.2) is 0 Å². The van der Waals surface area contributed by atoms with Gasteiger partial charge in [0.05, 0.1) is 24.7 Å². The van der Waals surface area contributed by atoms with Crippen molar-refractivity contribution >= 4 is 5.69 Å². The van der Waals surface area contributed by atoms with Crippen LogP contribution in [0.5, 0.6) is 5.75 Å². The molecule has 0 atom stereocenters. The van der Waals surface area contributed by atoms with Crippen molar-refractivity contribution < 1.29 is 4.74 Å². The second-order valence-corrected chi connectivity index (χ2v) is 4.03. The number of benzene rings is 1. The number of anilines is 1. The zero-order valence-electron chi connectivity index (χ0n) is 10.7. The predicted octanol–water partition coefficient (Wildman–Crippen LogP) is 2.22. The number of aromatic nitrogens is 2. The Bertz CT molecular complexity index is 540. The number of ether oxygens (including phenoxy) is 1. The molecule has 1 aromatic carbocycles. The number of hydrogen-bond donors (Lipinski definition) is 1. The van der Waals surface area contributed by atoms with Gasteiger partial charge in [0.25, 0.3) is 0 Å². The van der Waals surface area contributed by atoms with Gasteiger partial charge >= 0.3 is 0 Å². The first-order valence-corrected chi connectivity index (χ1v) is 5.96. The van der Waals surface area contributed by atoms with E-state index in [0.29, 0.717) is 12.1 Å². The molecule has 0 saturated heterocycles. The van der Waals surface area contributed by atoms with E-state index in [-0.39, 0.29) is 0 Å². The van der Waals surface area contributed by atoms with Gasteiger partial charge in [-0.3, -0.25) is 0 Å². The normalized spacial score (nSPS) is 10.3. The predicted molar refractivity (Wildman–Crippen MR) is 71.6 cm³/mol. The Hall–Kier alpha value is -2.10. The van der Waals surface area contributed by atoms with E-state index < -0.39 is 0 Å². The molecule has 94 valence electrons. The lowest BCUT2D eigenvalue weighted by molar-refractivity contribution is 0.410.